The molecule has 1 fully saturated rings. The van der Waals surface area contributed by atoms with Gasteiger partial charge >= 0.3 is 0 Å². The number of anilines is 1. The normalized spacial score (nSPS) is 15.7. The van der Waals surface area contributed by atoms with E-state index in [-0.39, 0.29) is 5.91 Å². The number of rotatable bonds is 4. The van der Waals surface area contributed by atoms with Gasteiger partial charge < -0.3 is 14.5 Å². The zero-order valence-corrected chi connectivity index (χ0v) is 16.4. The molecule has 0 unspecified atom stereocenters. The van der Waals surface area contributed by atoms with Crippen molar-refractivity contribution in [2.24, 2.45) is 0 Å². The molecule has 0 saturated carbocycles. The zero-order valence-electron chi connectivity index (χ0n) is 14.9. The minimum absolute atomic E-state index is 0.00700. The molecular formula is C20H22Cl2N2O2. The van der Waals surface area contributed by atoms with Gasteiger partial charge in [0.05, 0.1) is 0 Å². The molecule has 26 heavy (non-hydrogen) atoms. The molecule has 0 N–H and O–H groups in total. The number of benzene rings is 2. The molecule has 1 heterocycles. The summed E-state index contributed by atoms with van der Waals surface area (Å²) in [6, 6.07) is 13.0. The van der Waals surface area contributed by atoms with Crippen LogP contribution in [0.3, 0.4) is 0 Å². The standard InChI is InChI=1S/C20H22Cl2N2O2/c1-14-6-7-17(22)13-19(14)23-8-10-24(11-9-23)20(25)15(2)26-18-5-3-4-16(21)12-18/h3-7,12-13,15H,8-11H2,1-2H3/t15-/m0/s1. The third-order valence-electron chi connectivity index (χ3n) is 4.56. The fraction of sp³-hybridized carbons (Fsp3) is 0.350. The molecule has 0 spiro atoms. The molecule has 1 saturated heterocycles. The first kappa shape index (κ1) is 18.9. The van der Waals surface area contributed by atoms with Crippen molar-refractivity contribution in [3.8, 4) is 5.75 Å². The van der Waals surface area contributed by atoms with Crippen molar-refractivity contribution >= 4 is 34.8 Å². The molecule has 138 valence electrons. The maximum Gasteiger partial charge on any atom is 0.263 e. The Kier molecular flexibility index (Phi) is 5.94. The van der Waals surface area contributed by atoms with Gasteiger partial charge in [-0.3, -0.25) is 4.79 Å². The second kappa shape index (κ2) is 8.19. The van der Waals surface area contributed by atoms with Crippen molar-refractivity contribution in [1.82, 2.24) is 4.90 Å². The first-order valence-electron chi connectivity index (χ1n) is 8.66. The van der Waals surface area contributed by atoms with Crippen LogP contribution in [0, 0.1) is 6.92 Å². The quantitative estimate of drug-likeness (QED) is 0.771. The van der Waals surface area contributed by atoms with Crippen LogP contribution in [0.5, 0.6) is 5.75 Å². The Balaban J connectivity index is 1.58. The highest BCUT2D eigenvalue weighted by molar-refractivity contribution is 6.31. The fourth-order valence-corrected chi connectivity index (χ4v) is 3.49. The number of ether oxygens (including phenoxy) is 1. The molecule has 1 atom stereocenters. The number of amides is 1. The van der Waals surface area contributed by atoms with E-state index in [0.29, 0.717) is 23.9 Å². The Morgan fingerprint density at radius 1 is 1.04 bits per heavy atom. The molecule has 4 nitrogen and oxygen atoms in total. The second-order valence-corrected chi connectivity index (χ2v) is 7.33. The van der Waals surface area contributed by atoms with Gasteiger partial charge in [0, 0.05) is 41.9 Å². The van der Waals surface area contributed by atoms with E-state index in [1.165, 1.54) is 5.56 Å². The van der Waals surface area contributed by atoms with Gasteiger partial charge in [-0.05, 0) is 49.7 Å². The number of piperazine rings is 1. The van der Waals surface area contributed by atoms with Gasteiger partial charge in [-0.1, -0.05) is 35.3 Å². The Morgan fingerprint density at radius 2 is 1.73 bits per heavy atom. The smallest absolute Gasteiger partial charge is 0.263 e. The minimum atomic E-state index is -0.548. The largest absolute Gasteiger partial charge is 0.481 e. The van der Waals surface area contributed by atoms with Crippen LogP contribution in [0.25, 0.3) is 0 Å². The number of halogens is 2. The summed E-state index contributed by atoms with van der Waals surface area (Å²) in [4.78, 5) is 16.8. The van der Waals surface area contributed by atoms with Crippen LogP contribution in [-0.4, -0.2) is 43.1 Å². The van der Waals surface area contributed by atoms with E-state index in [9.17, 15) is 4.79 Å². The number of hydrogen-bond donors (Lipinski definition) is 0. The maximum absolute atomic E-state index is 12.7. The molecule has 2 aromatic rings. The number of carbonyl (C=O) groups excluding carboxylic acids is 1. The van der Waals surface area contributed by atoms with E-state index in [4.69, 9.17) is 27.9 Å². The zero-order chi connectivity index (χ0) is 18.7. The van der Waals surface area contributed by atoms with Crippen LogP contribution in [0.15, 0.2) is 42.5 Å². The topological polar surface area (TPSA) is 32.8 Å². The number of carbonyl (C=O) groups is 1. The van der Waals surface area contributed by atoms with Crippen molar-refractivity contribution in [2.75, 3.05) is 31.1 Å². The van der Waals surface area contributed by atoms with Crippen LogP contribution in [0.4, 0.5) is 5.69 Å². The fourth-order valence-electron chi connectivity index (χ4n) is 3.14. The number of nitrogens with zero attached hydrogens (tertiary/aromatic N) is 2. The van der Waals surface area contributed by atoms with E-state index in [0.717, 1.165) is 23.8 Å². The minimum Gasteiger partial charge on any atom is -0.481 e. The van der Waals surface area contributed by atoms with E-state index >= 15 is 0 Å². The monoisotopic (exact) mass is 392 g/mol. The summed E-state index contributed by atoms with van der Waals surface area (Å²) in [5.74, 6) is 0.596. The molecule has 1 aliphatic heterocycles. The van der Waals surface area contributed by atoms with Gasteiger partial charge in [0.15, 0.2) is 6.10 Å². The molecular weight excluding hydrogens is 371 g/mol. The van der Waals surface area contributed by atoms with Crippen molar-refractivity contribution in [2.45, 2.75) is 20.0 Å². The summed E-state index contributed by atoms with van der Waals surface area (Å²) < 4.78 is 5.75. The Morgan fingerprint density at radius 3 is 2.42 bits per heavy atom. The predicted molar refractivity (Wildman–Crippen MR) is 107 cm³/mol. The molecule has 1 aliphatic rings. The Bertz CT molecular complexity index is 789. The van der Waals surface area contributed by atoms with E-state index in [1.807, 2.05) is 23.1 Å². The highest BCUT2D eigenvalue weighted by atomic mass is 35.5. The Labute approximate surface area is 164 Å². The summed E-state index contributed by atoms with van der Waals surface area (Å²) in [5.41, 5.74) is 2.32. The molecule has 0 radical (unpaired) electrons. The third-order valence-corrected chi connectivity index (χ3v) is 5.03. The lowest BCUT2D eigenvalue weighted by Gasteiger charge is -2.37. The average Bonchev–Trinajstić information content (AvgIpc) is 2.63. The van der Waals surface area contributed by atoms with Gasteiger partial charge in [-0.2, -0.15) is 0 Å². The third kappa shape index (κ3) is 4.43. The molecule has 3 rings (SSSR count). The number of aryl methyl sites for hydroxylation is 1. The van der Waals surface area contributed by atoms with Gasteiger partial charge in [-0.25, -0.2) is 0 Å². The van der Waals surface area contributed by atoms with Crippen molar-refractivity contribution in [1.29, 1.82) is 0 Å². The van der Waals surface area contributed by atoms with Crippen LogP contribution in [0.1, 0.15) is 12.5 Å². The SMILES string of the molecule is Cc1ccc(Cl)cc1N1CCN(C(=O)[C@H](C)Oc2cccc(Cl)c2)CC1. The highest BCUT2D eigenvalue weighted by Crippen LogP contribution is 2.25. The van der Waals surface area contributed by atoms with Crippen LogP contribution >= 0.6 is 23.2 Å². The lowest BCUT2D eigenvalue weighted by Crippen LogP contribution is -2.52. The van der Waals surface area contributed by atoms with Crippen LogP contribution in [-0.2, 0) is 4.79 Å². The summed E-state index contributed by atoms with van der Waals surface area (Å²) in [5, 5.41) is 1.32. The van der Waals surface area contributed by atoms with Crippen molar-refractivity contribution in [3.63, 3.8) is 0 Å². The lowest BCUT2D eigenvalue weighted by molar-refractivity contribution is -0.138. The van der Waals surface area contributed by atoms with E-state index in [1.54, 1.807) is 31.2 Å². The van der Waals surface area contributed by atoms with Gasteiger partial charge in [0.25, 0.3) is 5.91 Å². The molecule has 0 aromatic heterocycles. The van der Waals surface area contributed by atoms with Gasteiger partial charge in [0.2, 0.25) is 0 Å². The van der Waals surface area contributed by atoms with Crippen molar-refractivity contribution in [3.05, 3.63) is 58.1 Å². The summed E-state index contributed by atoms with van der Waals surface area (Å²) in [6.07, 6.45) is -0.548. The summed E-state index contributed by atoms with van der Waals surface area (Å²) in [7, 11) is 0. The van der Waals surface area contributed by atoms with Crippen LogP contribution < -0.4 is 9.64 Å². The second-order valence-electron chi connectivity index (χ2n) is 6.46. The Hall–Kier alpha value is -1.91. The maximum atomic E-state index is 12.7. The first-order chi connectivity index (χ1) is 12.4. The average molecular weight is 393 g/mol. The molecule has 2 aromatic carbocycles. The first-order valence-corrected chi connectivity index (χ1v) is 9.42. The lowest BCUT2D eigenvalue weighted by atomic mass is 10.1. The summed E-state index contributed by atoms with van der Waals surface area (Å²) >= 11 is 12.1. The highest BCUT2D eigenvalue weighted by Gasteiger charge is 2.26. The molecule has 0 aliphatic carbocycles. The van der Waals surface area contributed by atoms with Gasteiger partial charge in [0.1, 0.15) is 5.75 Å². The number of hydrogen-bond acceptors (Lipinski definition) is 3. The molecule has 0 bridgehead atoms. The summed E-state index contributed by atoms with van der Waals surface area (Å²) in [6.45, 7) is 6.72. The van der Waals surface area contributed by atoms with E-state index < -0.39 is 6.10 Å². The van der Waals surface area contributed by atoms with Crippen LogP contribution in [0.2, 0.25) is 10.0 Å². The predicted octanol–water partition coefficient (Wildman–Crippen LogP) is 4.42. The van der Waals surface area contributed by atoms with E-state index in [2.05, 4.69) is 11.8 Å². The van der Waals surface area contributed by atoms with Gasteiger partial charge in [-0.15, -0.1) is 0 Å². The molecule has 6 heteroatoms. The molecule has 1 amide bonds. The van der Waals surface area contributed by atoms with Crippen molar-refractivity contribution < 1.29 is 9.53 Å².